The van der Waals surface area contributed by atoms with Gasteiger partial charge in [-0.25, -0.2) is 0 Å². The highest BCUT2D eigenvalue weighted by atomic mass is 14.9. The summed E-state index contributed by atoms with van der Waals surface area (Å²) in [7, 11) is 0. The van der Waals surface area contributed by atoms with Crippen LogP contribution in [0.4, 0.5) is 0 Å². The molecule has 0 saturated heterocycles. The lowest BCUT2D eigenvalue weighted by Gasteiger charge is -2.05. The lowest BCUT2D eigenvalue weighted by molar-refractivity contribution is 0.663. The summed E-state index contributed by atoms with van der Waals surface area (Å²) in [4.78, 5) is 4.31. The molecule has 88 valence electrons. The number of fused-ring (bicyclic) bond motifs is 1. The fourth-order valence-electron chi connectivity index (χ4n) is 1.84. The van der Waals surface area contributed by atoms with E-state index in [-0.39, 0.29) is 0 Å². The Morgan fingerprint density at radius 2 is 2.24 bits per heavy atom. The van der Waals surface area contributed by atoms with E-state index in [1.807, 2.05) is 12.3 Å². The standard InChI is InChI=1S/C15H18N2/c1-3-16-12(2)6-7-13-8-9-15-14(11-13)5-4-10-17-15/h4-12,16H,3H2,1-2H3/b7-6+. The van der Waals surface area contributed by atoms with E-state index < -0.39 is 0 Å². The quantitative estimate of drug-likeness (QED) is 0.865. The molecule has 2 aromatic rings. The van der Waals surface area contributed by atoms with E-state index in [4.69, 9.17) is 0 Å². The second kappa shape index (κ2) is 5.60. The zero-order chi connectivity index (χ0) is 12.1. The molecule has 1 heterocycles. The second-order valence-corrected chi connectivity index (χ2v) is 4.16. The third kappa shape index (κ3) is 3.14. The van der Waals surface area contributed by atoms with E-state index in [0.717, 1.165) is 12.1 Å². The number of likely N-dealkylation sites (N-methyl/N-ethyl adjacent to an activating group) is 1. The maximum absolute atomic E-state index is 4.31. The largest absolute Gasteiger partial charge is 0.311 e. The van der Waals surface area contributed by atoms with Crippen molar-refractivity contribution < 1.29 is 0 Å². The smallest absolute Gasteiger partial charge is 0.0702 e. The van der Waals surface area contributed by atoms with Gasteiger partial charge in [-0.3, -0.25) is 4.98 Å². The van der Waals surface area contributed by atoms with Crippen LogP contribution in [0.1, 0.15) is 19.4 Å². The third-order valence-corrected chi connectivity index (χ3v) is 2.73. The SMILES string of the molecule is CCNC(C)/C=C/c1ccc2ncccc2c1. The van der Waals surface area contributed by atoms with Gasteiger partial charge in [0.15, 0.2) is 0 Å². The van der Waals surface area contributed by atoms with Crippen molar-refractivity contribution in [3.63, 3.8) is 0 Å². The lowest BCUT2D eigenvalue weighted by atomic mass is 10.1. The van der Waals surface area contributed by atoms with Gasteiger partial charge in [0.05, 0.1) is 5.52 Å². The molecule has 0 aliphatic carbocycles. The average Bonchev–Trinajstić information content (AvgIpc) is 2.36. The molecule has 0 saturated carbocycles. The molecule has 2 heteroatoms. The molecule has 1 unspecified atom stereocenters. The summed E-state index contributed by atoms with van der Waals surface area (Å²) >= 11 is 0. The Labute approximate surface area is 102 Å². The van der Waals surface area contributed by atoms with Crippen LogP contribution >= 0.6 is 0 Å². The molecule has 0 aliphatic rings. The Kier molecular flexibility index (Phi) is 3.89. The minimum atomic E-state index is 0.407. The van der Waals surface area contributed by atoms with Gasteiger partial charge < -0.3 is 5.32 Å². The molecular formula is C15H18N2. The zero-order valence-corrected chi connectivity index (χ0v) is 10.4. The summed E-state index contributed by atoms with van der Waals surface area (Å²) < 4.78 is 0. The Morgan fingerprint density at radius 1 is 1.35 bits per heavy atom. The average molecular weight is 226 g/mol. The minimum absolute atomic E-state index is 0.407. The summed E-state index contributed by atoms with van der Waals surface area (Å²) in [5, 5.41) is 4.54. The van der Waals surface area contributed by atoms with Crippen molar-refractivity contribution in [3.8, 4) is 0 Å². The lowest BCUT2D eigenvalue weighted by Crippen LogP contribution is -2.22. The molecule has 2 nitrogen and oxygen atoms in total. The van der Waals surface area contributed by atoms with Crippen LogP contribution in [0.15, 0.2) is 42.6 Å². The van der Waals surface area contributed by atoms with Gasteiger partial charge in [0.2, 0.25) is 0 Å². The summed E-state index contributed by atoms with van der Waals surface area (Å²) in [6.45, 7) is 5.27. The van der Waals surface area contributed by atoms with Crippen LogP contribution in [0.3, 0.4) is 0 Å². The van der Waals surface area contributed by atoms with Crippen LogP contribution in [0.25, 0.3) is 17.0 Å². The van der Waals surface area contributed by atoms with Gasteiger partial charge in [0.25, 0.3) is 0 Å². The molecule has 0 amide bonds. The number of aromatic nitrogens is 1. The Hall–Kier alpha value is -1.67. The highest BCUT2D eigenvalue weighted by Crippen LogP contribution is 2.14. The molecule has 0 fully saturated rings. The first-order valence-corrected chi connectivity index (χ1v) is 6.06. The van der Waals surface area contributed by atoms with Crippen molar-refractivity contribution in [1.82, 2.24) is 10.3 Å². The Bertz CT molecular complexity index is 517. The topological polar surface area (TPSA) is 24.9 Å². The van der Waals surface area contributed by atoms with Crippen LogP contribution in [0, 0.1) is 0 Å². The highest BCUT2D eigenvalue weighted by Gasteiger charge is 1.95. The van der Waals surface area contributed by atoms with E-state index in [9.17, 15) is 0 Å². The van der Waals surface area contributed by atoms with Gasteiger partial charge in [-0.05, 0) is 37.2 Å². The summed E-state index contributed by atoms with van der Waals surface area (Å²) in [6.07, 6.45) is 6.16. The van der Waals surface area contributed by atoms with Gasteiger partial charge in [-0.15, -0.1) is 0 Å². The minimum Gasteiger partial charge on any atom is -0.311 e. The van der Waals surface area contributed by atoms with E-state index in [1.165, 1.54) is 10.9 Å². The maximum atomic E-state index is 4.31. The van der Waals surface area contributed by atoms with Crippen LogP contribution < -0.4 is 5.32 Å². The molecule has 0 aliphatic heterocycles. The van der Waals surface area contributed by atoms with Crippen molar-refractivity contribution in [2.24, 2.45) is 0 Å². The highest BCUT2D eigenvalue weighted by molar-refractivity contribution is 5.81. The van der Waals surface area contributed by atoms with E-state index >= 15 is 0 Å². The Morgan fingerprint density at radius 3 is 3.06 bits per heavy atom. The predicted octanol–water partition coefficient (Wildman–Crippen LogP) is 3.25. The molecular weight excluding hydrogens is 208 g/mol. The molecule has 1 aromatic carbocycles. The summed E-state index contributed by atoms with van der Waals surface area (Å²) in [6, 6.07) is 10.8. The van der Waals surface area contributed by atoms with Crippen molar-refractivity contribution in [2.45, 2.75) is 19.9 Å². The van der Waals surface area contributed by atoms with Gasteiger partial charge >= 0.3 is 0 Å². The van der Waals surface area contributed by atoms with Gasteiger partial charge in [-0.1, -0.05) is 31.2 Å². The predicted molar refractivity (Wildman–Crippen MR) is 73.9 cm³/mol. The van der Waals surface area contributed by atoms with Gasteiger partial charge in [0.1, 0.15) is 0 Å². The molecule has 17 heavy (non-hydrogen) atoms. The fourth-order valence-corrected chi connectivity index (χ4v) is 1.84. The maximum Gasteiger partial charge on any atom is 0.0702 e. The molecule has 0 spiro atoms. The third-order valence-electron chi connectivity index (χ3n) is 2.73. The van der Waals surface area contributed by atoms with Crippen LogP contribution in [-0.2, 0) is 0 Å². The van der Waals surface area contributed by atoms with Gasteiger partial charge in [0, 0.05) is 17.6 Å². The fraction of sp³-hybridized carbons (Fsp3) is 0.267. The van der Waals surface area contributed by atoms with Crippen molar-refractivity contribution in [2.75, 3.05) is 6.54 Å². The number of hydrogen-bond acceptors (Lipinski definition) is 2. The van der Waals surface area contributed by atoms with E-state index in [0.29, 0.717) is 6.04 Å². The number of nitrogens with one attached hydrogen (secondary N) is 1. The van der Waals surface area contributed by atoms with Crippen molar-refractivity contribution >= 4 is 17.0 Å². The normalized spacial score (nSPS) is 13.3. The number of rotatable bonds is 4. The molecule has 0 bridgehead atoms. The van der Waals surface area contributed by atoms with E-state index in [2.05, 4.69) is 60.6 Å². The first-order valence-electron chi connectivity index (χ1n) is 6.06. The van der Waals surface area contributed by atoms with Gasteiger partial charge in [-0.2, -0.15) is 0 Å². The number of benzene rings is 1. The van der Waals surface area contributed by atoms with Crippen molar-refractivity contribution in [1.29, 1.82) is 0 Å². The first kappa shape index (κ1) is 11.8. The Balaban J connectivity index is 2.19. The first-order chi connectivity index (χ1) is 8.29. The molecule has 0 radical (unpaired) electrons. The van der Waals surface area contributed by atoms with Crippen LogP contribution in [0.2, 0.25) is 0 Å². The molecule has 1 atom stereocenters. The second-order valence-electron chi connectivity index (χ2n) is 4.16. The van der Waals surface area contributed by atoms with E-state index in [1.54, 1.807) is 0 Å². The number of nitrogens with zero attached hydrogens (tertiary/aromatic N) is 1. The van der Waals surface area contributed by atoms with Crippen molar-refractivity contribution in [3.05, 3.63) is 48.2 Å². The van der Waals surface area contributed by atoms with Crippen LogP contribution in [-0.4, -0.2) is 17.6 Å². The molecule has 1 aromatic heterocycles. The summed E-state index contributed by atoms with van der Waals surface area (Å²) in [5.74, 6) is 0. The molecule has 2 rings (SSSR count). The number of pyridine rings is 1. The monoisotopic (exact) mass is 226 g/mol. The zero-order valence-electron chi connectivity index (χ0n) is 10.4. The molecule has 1 N–H and O–H groups in total. The summed E-state index contributed by atoms with van der Waals surface area (Å²) in [5.41, 5.74) is 2.26. The van der Waals surface area contributed by atoms with Crippen LogP contribution in [0.5, 0.6) is 0 Å². The number of hydrogen-bond donors (Lipinski definition) is 1.